The maximum atomic E-state index is 5.66. The van der Waals surface area contributed by atoms with E-state index in [1.165, 1.54) is 9.27 Å². The van der Waals surface area contributed by atoms with Crippen LogP contribution in [0.25, 0.3) is 0 Å². The van der Waals surface area contributed by atoms with Gasteiger partial charge in [-0.05, 0) is 0 Å². The Hall–Kier alpha value is -0.660. The molecule has 1 aromatic carbocycles. The summed E-state index contributed by atoms with van der Waals surface area (Å²) in [6.45, 7) is 1.97. The monoisotopic (exact) mass is 404 g/mol. The van der Waals surface area contributed by atoms with Crippen LogP contribution in [-0.4, -0.2) is 33.9 Å². The number of ether oxygens (including phenoxy) is 2. The summed E-state index contributed by atoms with van der Waals surface area (Å²) in [5.74, 6) is 0.891. The van der Waals surface area contributed by atoms with E-state index in [9.17, 15) is 0 Å². The van der Waals surface area contributed by atoms with Gasteiger partial charge in [-0.2, -0.15) is 0 Å². The number of halogens is 1. The van der Waals surface area contributed by atoms with Crippen LogP contribution >= 0.6 is 11.8 Å². The van der Waals surface area contributed by atoms with E-state index in [2.05, 4.69) is 31.9 Å². The minimum absolute atomic E-state index is 0.0609. The van der Waals surface area contributed by atoms with Gasteiger partial charge in [-0.3, -0.25) is 0 Å². The van der Waals surface area contributed by atoms with Crippen molar-refractivity contribution in [2.24, 2.45) is 0 Å². The van der Waals surface area contributed by atoms with Crippen molar-refractivity contribution in [2.45, 2.75) is 0 Å². The van der Waals surface area contributed by atoms with Crippen molar-refractivity contribution in [3.05, 3.63) is 42.7 Å². The van der Waals surface area contributed by atoms with Crippen LogP contribution in [0.2, 0.25) is 0 Å². The van der Waals surface area contributed by atoms with E-state index in [1.807, 2.05) is 26.2 Å². The summed E-state index contributed by atoms with van der Waals surface area (Å²) in [5, 5.41) is 4.35. The van der Waals surface area contributed by atoms with Crippen molar-refractivity contribution in [1.82, 2.24) is 0 Å². The first kappa shape index (κ1) is 15.7. The molecule has 0 aliphatic carbocycles. The molecule has 0 unspecified atom stereocenters. The number of hydrogen-bond donors (Lipinski definition) is 0. The van der Waals surface area contributed by atoms with Crippen LogP contribution in [0.15, 0.2) is 42.7 Å². The van der Waals surface area contributed by atoms with Crippen molar-refractivity contribution in [3.8, 4) is 5.75 Å². The molecule has 1 heterocycles. The molecule has 1 aromatic rings. The molecular weight excluding hydrogens is 385 g/mol. The predicted molar refractivity (Wildman–Crippen MR) is 81.9 cm³/mol. The zero-order valence-corrected chi connectivity index (χ0v) is 14.7. The maximum absolute atomic E-state index is 5.66. The molecular formula is C15H19INO2S-. The fourth-order valence-electron chi connectivity index (χ4n) is 1.57. The minimum atomic E-state index is 0.0609. The predicted octanol–water partition coefficient (Wildman–Crippen LogP) is 0.296. The fraction of sp³-hybridized carbons (Fsp3) is 0.333. The number of hydrogen-bond acceptors (Lipinski definition) is 4. The van der Waals surface area contributed by atoms with Crippen LogP contribution in [0, 0.1) is 0 Å². The zero-order chi connectivity index (χ0) is 14.2. The average molecular weight is 404 g/mol. The topological polar surface area (TPSA) is 21.7 Å². The van der Waals surface area contributed by atoms with E-state index in [0.717, 1.165) is 12.4 Å². The first-order valence-corrected chi connectivity index (χ1v) is 9.63. The third-order valence-corrected chi connectivity index (χ3v) is 6.38. The molecule has 5 heteroatoms. The van der Waals surface area contributed by atoms with Crippen LogP contribution in [0.1, 0.15) is 0 Å². The molecule has 0 aromatic heterocycles. The van der Waals surface area contributed by atoms with E-state index >= 15 is 0 Å². The molecule has 0 atom stereocenters. The van der Waals surface area contributed by atoms with E-state index in [0.29, 0.717) is 13.2 Å². The van der Waals surface area contributed by atoms with Crippen LogP contribution in [0.3, 0.4) is 0 Å². The SMILES string of the molecule is CN(C)c1ccc(OCCOCC2=CSC=C[I-]2)cc1. The molecule has 0 spiro atoms. The van der Waals surface area contributed by atoms with E-state index in [1.54, 1.807) is 11.8 Å². The number of thioether (sulfide) groups is 1. The van der Waals surface area contributed by atoms with Gasteiger partial charge < -0.3 is 0 Å². The Morgan fingerprint density at radius 2 is 1.95 bits per heavy atom. The first-order valence-electron chi connectivity index (χ1n) is 6.36. The quantitative estimate of drug-likeness (QED) is 0.482. The number of nitrogens with zero attached hydrogens (tertiary/aromatic N) is 1. The van der Waals surface area contributed by atoms with Gasteiger partial charge in [-0.1, -0.05) is 0 Å². The Morgan fingerprint density at radius 1 is 1.15 bits per heavy atom. The Morgan fingerprint density at radius 3 is 2.60 bits per heavy atom. The fourth-order valence-corrected chi connectivity index (χ4v) is 4.72. The average Bonchev–Trinajstić information content (AvgIpc) is 2.48. The Labute approximate surface area is 135 Å². The third kappa shape index (κ3) is 5.38. The van der Waals surface area contributed by atoms with E-state index in [4.69, 9.17) is 9.47 Å². The normalized spacial score (nSPS) is 14.4. The van der Waals surface area contributed by atoms with E-state index in [-0.39, 0.29) is 21.2 Å². The molecule has 0 radical (unpaired) electrons. The Balaban J connectivity index is 1.62. The summed E-state index contributed by atoms with van der Waals surface area (Å²) in [7, 11) is 4.06. The molecule has 0 amide bonds. The summed E-state index contributed by atoms with van der Waals surface area (Å²) >= 11 is 1.80. The van der Waals surface area contributed by atoms with Crippen molar-refractivity contribution < 1.29 is 30.7 Å². The molecule has 1 aliphatic heterocycles. The van der Waals surface area contributed by atoms with Gasteiger partial charge in [0, 0.05) is 0 Å². The Kier molecular flexibility index (Phi) is 6.75. The summed E-state index contributed by atoms with van der Waals surface area (Å²) < 4.78 is 15.0. The number of anilines is 1. The van der Waals surface area contributed by atoms with Gasteiger partial charge in [0.2, 0.25) is 0 Å². The molecule has 3 nitrogen and oxygen atoms in total. The Bertz CT molecular complexity index is 471. The van der Waals surface area contributed by atoms with E-state index < -0.39 is 0 Å². The molecule has 0 fully saturated rings. The van der Waals surface area contributed by atoms with Gasteiger partial charge in [0.15, 0.2) is 0 Å². The molecule has 0 saturated carbocycles. The second-order valence-electron chi connectivity index (χ2n) is 4.36. The molecule has 110 valence electrons. The summed E-state index contributed by atoms with van der Waals surface area (Å²) in [4.78, 5) is 2.07. The molecule has 0 N–H and O–H groups in total. The first-order chi connectivity index (χ1) is 9.75. The molecule has 0 bridgehead atoms. The molecule has 1 aliphatic rings. The van der Waals surface area contributed by atoms with Crippen molar-refractivity contribution in [1.29, 1.82) is 0 Å². The van der Waals surface area contributed by atoms with Crippen LogP contribution in [0.4, 0.5) is 5.69 Å². The third-order valence-electron chi connectivity index (χ3n) is 2.62. The van der Waals surface area contributed by atoms with Gasteiger partial charge >= 0.3 is 135 Å². The number of rotatable bonds is 7. The molecule has 20 heavy (non-hydrogen) atoms. The second kappa shape index (κ2) is 8.59. The van der Waals surface area contributed by atoms with Gasteiger partial charge in [0.05, 0.1) is 0 Å². The van der Waals surface area contributed by atoms with Gasteiger partial charge in [0.1, 0.15) is 0 Å². The molecule has 2 rings (SSSR count). The van der Waals surface area contributed by atoms with Gasteiger partial charge in [0.25, 0.3) is 0 Å². The van der Waals surface area contributed by atoms with Crippen LogP contribution in [0.5, 0.6) is 5.75 Å². The molecule has 0 saturated heterocycles. The summed E-state index contributed by atoms with van der Waals surface area (Å²) in [5.41, 5.74) is 1.17. The van der Waals surface area contributed by atoms with Crippen LogP contribution in [-0.2, 0) is 4.74 Å². The van der Waals surface area contributed by atoms with Crippen LogP contribution < -0.4 is 30.8 Å². The van der Waals surface area contributed by atoms with Gasteiger partial charge in [-0.15, -0.1) is 0 Å². The zero-order valence-electron chi connectivity index (χ0n) is 11.7. The van der Waals surface area contributed by atoms with Crippen molar-refractivity contribution in [3.63, 3.8) is 0 Å². The summed E-state index contributed by atoms with van der Waals surface area (Å²) in [6.07, 6.45) is 0. The van der Waals surface area contributed by atoms with Crippen molar-refractivity contribution in [2.75, 3.05) is 38.8 Å². The second-order valence-corrected chi connectivity index (χ2v) is 7.87. The number of benzene rings is 1. The summed E-state index contributed by atoms with van der Waals surface area (Å²) in [6, 6.07) is 8.09. The van der Waals surface area contributed by atoms with Crippen molar-refractivity contribution >= 4 is 17.4 Å². The standard InChI is InChI=1S/C15H19INO2S/c1-17(2)14-3-5-15(6-4-14)19-9-8-18-11-13-12-20-10-7-16-13/h3-7,10,12H,8-9,11H2,1-2H3/q-1. The van der Waals surface area contributed by atoms with Gasteiger partial charge in [-0.25, -0.2) is 0 Å².